The molecule has 4 atom stereocenters. The minimum atomic E-state index is -0.660. The molecule has 0 spiro atoms. The van der Waals surface area contributed by atoms with Crippen LogP contribution >= 0.6 is 0 Å². The summed E-state index contributed by atoms with van der Waals surface area (Å²) in [4.78, 5) is 23.4. The maximum Gasteiger partial charge on any atom is 0.320 e. The molecule has 3 aliphatic rings. The van der Waals surface area contributed by atoms with Crippen LogP contribution in [0, 0.1) is 11.8 Å². The molecule has 0 amide bonds. The Kier molecular flexibility index (Phi) is 1.50. The molecule has 0 radical (unpaired) electrons. The van der Waals surface area contributed by atoms with E-state index in [0.29, 0.717) is 0 Å². The van der Waals surface area contributed by atoms with Gasteiger partial charge in [-0.15, -0.1) is 0 Å². The van der Waals surface area contributed by atoms with E-state index >= 15 is 0 Å². The Hall–Kier alpha value is -1.16. The van der Waals surface area contributed by atoms with E-state index in [4.69, 9.17) is 9.47 Å². The molecule has 4 heteroatoms. The van der Waals surface area contributed by atoms with Gasteiger partial charge < -0.3 is 9.47 Å². The summed E-state index contributed by atoms with van der Waals surface area (Å²) in [5.74, 6) is -1.80. The minimum absolute atomic E-state index is 0.437. The standard InChI is InChI=1S/C12H14O4/c1-5-6(2)12(4)8-7(11(5,3)16-12)9(13)15-10(8)14/h7-8H,1-4H3. The molecule has 0 aromatic heterocycles. The van der Waals surface area contributed by atoms with Crippen molar-refractivity contribution in [2.75, 3.05) is 0 Å². The SMILES string of the molecule is CC1=C(C)C2(C)OC1(C)C1C(=O)OC(=O)C12. The number of esters is 2. The van der Waals surface area contributed by atoms with Gasteiger partial charge in [-0.05, 0) is 38.8 Å². The summed E-state index contributed by atoms with van der Waals surface area (Å²) in [7, 11) is 0. The van der Waals surface area contributed by atoms with Crippen LogP contribution in [0.1, 0.15) is 27.7 Å². The first-order chi connectivity index (χ1) is 7.32. The van der Waals surface area contributed by atoms with E-state index in [2.05, 4.69) is 0 Å². The number of rotatable bonds is 0. The highest BCUT2D eigenvalue weighted by molar-refractivity contribution is 6.00. The fourth-order valence-electron chi connectivity index (χ4n) is 3.52. The molecule has 86 valence electrons. The van der Waals surface area contributed by atoms with Crippen molar-refractivity contribution in [2.45, 2.75) is 38.9 Å². The minimum Gasteiger partial charge on any atom is -0.393 e. The van der Waals surface area contributed by atoms with Gasteiger partial charge in [0.1, 0.15) is 23.0 Å². The molecule has 3 heterocycles. The van der Waals surface area contributed by atoms with Crippen molar-refractivity contribution >= 4 is 11.9 Å². The molecule has 0 saturated carbocycles. The van der Waals surface area contributed by atoms with Crippen LogP contribution in [-0.2, 0) is 19.1 Å². The summed E-state index contributed by atoms with van der Waals surface area (Å²) < 4.78 is 10.7. The Bertz CT molecular complexity index is 424. The van der Waals surface area contributed by atoms with Gasteiger partial charge in [0.25, 0.3) is 0 Å². The van der Waals surface area contributed by atoms with E-state index in [-0.39, 0.29) is 0 Å². The van der Waals surface area contributed by atoms with Gasteiger partial charge in [-0.1, -0.05) is 0 Å². The van der Waals surface area contributed by atoms with Crippen LogP contribution in [0.25, 0.3) is 0 Å². The van der Waals surface area contributed by atoms with Crippen LogP contribution in [0.5, 0.6) is 0 Å². The highest BCUT2D eigenvalue weighted by atomic mass is 16.6. The zero-order valence-corrected chi connectivity index (χ0v) is 9.79. The number of carbonyl (C=O) groups excluding carboxylic acids is 2. The van der Waals surface area contributed by atoms with E-state index in [1.165, 1.54) is 0 Å². The van der Waals surface area contributed by atoms with Gasteiger partial charge in [-0.2, -0.15) is 0 Å². The number of hydrogen-bond acceptors (Lipinski definition) is 4. The quantitative estimate of drug-likeness (QED) is 0.351. The number of cyclic esters (lactones) is 2. The van der Waals surface area contributed by atoms with E-state index in [1.807, 2.05) is 27.7 Å². The topological polar surface area (TPSA) is 52.6 Å². The normalized spacial score (nSPS) is 50.0. The third-order valence-corrected chi connectivity index (χ3v) is 4.71. The van der Waals surface area contributed by atoms with Crippen LogP contribution in [-0.4, -0.2) is 23.1 Å². The first-order valence-electron chi connectivity index (χ1n) is 5.46. The average Bonchev–Trinajstić information content (AvgIpc) is 2.68. The molecule has 0 N–H and O–H groups in total. The number of fused-ring (bicyclic) bond motifs is 5. The second kappa shape index (κ2) is 2.40. The summed E-state index contributed by atoms with van der Waals surface area (Å²) in [6.07, 6.45) is 0. The van der Waals surface area contributed by atoms with Crippen LogP contribution < -0.4 is 0 Å². The van der Waals surface area contributed by atoms with Crippen LogP contribution in [0.4, 0.5) is 0 Å². The molecule has 2 saturated heterocycles. The van der Waals surface area contributed by atoms with Crippen molar-refractivity contribution in [3.8, 4) is 0 Å². The molecule has 16 heavy (non-hydrogen) atoms. The van der Waals surface area contributed by atoms with E-state index in [0.717, 1.165) is 11.1 Å². The smallest absolute Gasteiger partial charge is 0.320 e. The first kappa shape index (κ1) is 10.0. The maximum absolute atomic E-state index is 11.7. The lowest BCUT2D eigenvalue weighted by molar-refractivity contribution is -0.160. The van der Waals surface area contributed by atoms with Crippen molar-refractivity contribution in [2.24, 2.45) is 11.8 Å². The molecular formula is C12H14O4. The molecule has 0 aromatic carbocycles. The van der Waals surface area contributed by atoms with Crippen molar-refractivity contribution in [3.63, 3.8) is 0 Å². The summed E-state index contributed by atoms with van der Waals surface area (Å²) in [6.45, 7) is 7.68. The number of hydrogen-bond donors (Lipinski definition) is 0. The van der Waals surface area contributed by atoms with Gasteiger partial charge in [0.05, 0.1) is 0 Å². The van der Waals surface area contributed by atoms with Gasteiger partial charge in [0.15, 0.2) is 0 Å². The molecule has 2 fully saturated rings. The molecule has 3 aliphatic heterocycles. The highest BCUT2D eigenvalue weighted by Gasteiger charge is 2.73. The van der Waals surface area contributed by atoms with Crippen molar-refractivity contribution in [1.82, 2.24) is 0 Å². The molecule has 3 rings (SSSR count). The lowest BCUT2D eigenvalue weighted by Crippen LogP contribution is -2.41. The predicted octanol–water partition coefficient (Wildman–Crippen LogP) is 1.20. The monoisotopic (exact) mass is 222 g/mol. The van der Waals surface area contributed by atoms with E-state index in [1.54, 1.807) is 0 Å². The Morgan fingerprint density at radius 3 is 1.69 bits per heavy atom. The highest BCUT2D eigenvalue weighted by Crippen LogP contribution is 2.62. The second-order valence-electron chi connectivity index (χ2n) is 5.26. The van der Waals surface area contributed by atoms with E-state index < -0.39 is 35.0 Å². The first-order valence-corrected chi connectivity index (χ1v) is 5.46. The molecule has 2 bridgehead atoms. The lowest BCUT2D eigenvalue weighted by atomic mass is 9.66. The zero-order valence-electron chi connectivity index (χ0n) is 9.79. The van der Waals surface area contributed by atoms with Gasteiger partial charge in [0.2, 0.25) is 0 Å². The van der Waals surface area contributed by atoms with Gasteiger partial charge in [0, 0.05) is 0 Å². The molecule has 0 aromatic rings. The Labute approximate surface area is 93.6 Å². The third kappa shape index (κ3) is 0.755. The van der Waals surface area contributed by atoms with Gasteiger partial charge in [-0.3, -0.25) is 9.59 Å². The largest absolute Gasteiger partial charge is 0.393 e. The zero-order chi connectivity index (χ0) is 11.9. The summed E-state index contributed by atoms with van der Waals surface area (Å²) in [5.41, 5.74) is 0.797. The Balaban J connectivity index is 2.25. The van der Waals surface area contributed by atoms with Gasteiger partial charge in [-0.25, -0.2) is 0 Å². The fourth-order valence-corrected chi connectivity index (χ4v) is 3.52. The van der Waals surface area contributed by atoms with Crippen LogP contribution in [0.15, 0.2) is 11.1 Å². The molecule has 4 nitrogen and oxygen atoms in total. The lowest BCUT2D eigenvalue weighted by Gasteiger charge is -2.29. The fraction of sp³-hybridized carbons (Fsp3) is 0.667. The number of ether oxygens (including phenoxy) is 2. The molecule has 4 unspecified atom stereocenters. The maximum atomic E-state index is 11.7. The van der Waals surface area contributed by atoms with Gasteiger partial charge >= 0.3 is 11.9 Å². The van der Waals surface area contributed by atoms with Crippen LogP contribution in [0.3, 0.4) is 0 Å². The summed E-state index contributed by atoms with van der Waals surface area (Å²) in [6, 6.07) is 0. The van der Waals surface area contributed by atoms with Crippen molar-refractivity contribution in [3.05, 3.63) is 11.1 Å². The average molecular weight is 222 g/mol. The Morgan fingerprint density at radius 1 is 0.938 bits per heavy atom. The van der Waals surface area contributed by atoms with Crippen LogP contribution in [0.2, 0.25) is 0 Å². The predicted molar refractivity (Wildman–Crippen MR) is 54.3 cm³/mol. The summed E-state index contributed by atoms with van der Waals surface area (Å²) >= 11 is 0. The number of carbonyl (C=O) groups is 2. The molecular weight excluding hydrogens is 208 g/mol. The van der Waals surface area contributed by atoms with Crippen molar-refractivity contribution < 1.29 is 19.1 Å². The Morgan fingerprint density at radius 2 is 1.31 bits per heavy atom. The third-order valence-electron chi connectivity index (χ3n) is 4.71. The van der Waals surface area contributed by atoms with E-state index in [9.17, 15) is 9.59 Å². The summed E-state index contributed by atoms with van der Waals surface area (Å²) in [5, 5.41) is 0. The molecule has 0 aliphatic carbocycles. The van der Waals surface area contributed by atoms with Crippen molar-refractivity contribution in [1.29, 1.82) is 0 Å². The second-order valence-corrected chi connectivity index (χ2v) is 5.26.